The van der Waals surface area contributed by atoms with Gasteiger partial charge in [0.15, 0.2) is 0 Å². The van der Waals surface area contributed by atoms with Gasteiger partial charge in [-0.1, -0.05) is 12.2 Å². The van der Waals surface area contributed by atoms with Crippen molar-refractivity contribution >= 4 is 6.09 Å². The standard InChI is InChI=1S/C11H17NO2/c1-11(2,3)14-10(13)12-9-7-5-4-6-8(7)9/h4-5,7-9H,6H2,1-3H3,(H,12,13)/t7-,8+,9+/m0/s1. The largest absolute Gasteiger partial charge is 0.444 e. The number of amides is 1. The second kappa shape index (κ2) is 3.01. The molecule has 0 aromatic heterocycles. The van der Waals surface area contributed by atoms with Gasteiger partial charge in [-0.3, -0.25) is 0 Å². The summed E-state index contributed by atoms with van der Waals surface area (Å²) in [5, 5.41) is 2.90. The highest BCUT2D eigenvalue weighted by molar-refractivity contribution is 5.69. The molecule has 0 aromatic carbocycles. The lowest BCUT2D eigenvalue weighted by molar-refractivity contribution is 0.0519. The summed E-state index contributed by atoms with van der Waals surface area (Å²) in [5.74, 6) is 1.21. The van der Waals surface area contributed by atoms with Crippen molar-refractivity contribution in [3.05, 3.63) is 12.2 Å². The van der Waals surface area contributed by atoms with Gasteiger partial charge in [-0.05, 0) is 33.1 Å². The maximum Gasteiger partial charge on any atom is 0.407 e. The molecule has 0 spiro atoms. The predicted octanol–water partition coefficient (Wildman–Crippen LogP) is 2.09. The molecule has 2 aliphatic carbocycles. The van der Waals surface area contributed by atoms with Crippen LogP contribution in [-0.4, -0.2) is 17.7 Å². The third kappa shape index (κ3) is 1.91. The van der Waals surface area contributed by atoms with E-state index in [1.807, 2.05) is 20.8 Å². The fourth-order valence-corrected chi connectivity index (χ4v) is 2.01. The van der Waals surface area contributed by atoms with Crippen molar-refractivity contribution in [2.45, 2.75) is 38.8 Å². The minimum Gasteiger partial charge on any atom is -0.444 e. The molecular weight excluding hydrogens is 178 g/mol. The monoisotopic (exact) mass is 195 g/mol. The molecule has 0 radical (unpaired) electrons. The van der Waals surface area contributed by atoms with E-state index >= 15 is 0 Å². The first-order valence-electron chi connectivity index (χ1n) is 5.13. The molecule has 1 saturated carbocycles. The number of carbonyl (C=O) groups is 1. The molecule has 2 aliphatic rings. The topological polar surface area (TPSA) is 38.3 Å². The summed E-state index contributed by atoms with van der Waals surface area (Å²) in [7, 11) is 0. The van der Waals surface area contributed by atoms with Crippen LogP contribution in [0.1, 0.15) is 27.2 Å². The Kier molecular flexibility index (Phi) is 2.05. The minimum atomic E-state index is -0.399. The Morgan fingerprint density at radius 1 is 1.50 bits per heavy atom. The van der Waals surface area contributed by atoms with Gasteiger partial charge in [0.1, 0.15) is 5.60 Å². The molecular formula is C11H17NO2. The fourth-order valence-electron chi connectivity index (χ4n) is 2.01. The molecule has 1 N–H and O–H groups in total. The SMILES string of the molecule is CC(C)(C)OC(=O)N[C@@H]1[C@H]2C=CC[C@H]21. The van der Waals surface area contributed by atoms with Crippen molar-refractivity contribution in [2.24, 2.45) is 11.8 Å². The third-order valence-corrected chi connectivity index (χ3v) is 2.68. The van der Waals surface area contributed by atoms with E-state index in [0.29, 0.717) is 17.9 Å². The molecule has 1 amide bonds. The van der Waals surface area contributed by atoms with Crippen LogP contribution in [0, 0.1) is 11.8 Å². The van der Waals surface area contributed by atoms with E-state index in [1.165, 1.54) is 0 Å². The first-order chi connectivity index (χ1) is 6.47. The molecule has 3 nitrogen and oxygen atoms in total. The Labute approximate surface area is 84.5 Å². The first kappa shape index (κ1) is 9.56. The fraction of sp³-hybridized carbons (Fsp3) is 0.727. The number of carbonyl (C=O) groups excluding carboxylic acids is 1. The van der Waals surface area contributed by atoms with Crippen LogP contribution < -0.4 is 5.32 Å². The number of hydrogen-bond donors (Lipinski definition) is 1. The van der Waals surface area contributed by atoms with Crippen LogP contribution in [0.25, 0.3) is 0 Å². The van der Waals surface area contributed by atoms with E-state index in [0.717, 1.165) is 6.42 Å². The van der Waals surface area contributed by atoms with Crippen LogP contribution in [-0.2, 0) is 4.74 Å². The molecule has 0 bridgehead atoms. The number of rotatable bonds is 1. The summed E-state index contributed by atoms with van der Waals surface area (Å²) in [4.78, 5) is 11.4. The molecule has 3 atom stereocenters. The molecule has 14 heavy (non-hydrogen) atoms. The molecule has 0 heterocycles. The lowest BCUT2D eigenvalue weighted by atomic mass is 10.2. The van der Waals surface area contributed by atoms with Gasteiger partial charge in [0.25, 0.3) is 0 Å². The Balaban J connectivity index is 1.77. The van der Waals surface area contributed by atoms with E-state index < -0.39 is 5.60 Å². The van der Waals surface area contributed by atoms with E-state index in [4.69, 9.17) is 4.74 Å². The summed E-state index contributed by atoms with van der Waals surface area (Å²) in [6.07, 6.45) is 5.19. The van der Waals surface area contributed by atoms with Crippen LogP contribution in [0.4, 0.5) is 4.79 Å². The zero-order chi connectivity index (χ0) is 10.3. The number of fused-ring (bicyclic) bond motifs is 1. The van der Waals surface area contributed by atoms with Crippen molar-refractivity contribution in [3.63, 3.8) is 0 Å². The molecule has 0 unspecified atom stereocenters. The average molecular weight is 195 g/mol. The van der Waals surface area contributed by atoms with Gasteiger partial charge in [0.2, 0.25) is 0 Å². The maximum atomic E-state index is 11.4. The van der Waals surface area contributed by atoms with Crippen LogP contribution >= 0.6 is 0 Å². The lowest BCUT2D eigenvalue weighted by Crippen LogP contribution is -2.35. The van der Waals surface area contributed by atoms with Crippen LogP contribution in [0.2, 0.25) is 0 Å². The number of alkyl carbamates (subject to hydrolysis) is 1. The van der Waals surface area contributed by atoms with Crippen molar-refractivity contribution in [1.82, 2.24) is 5.32 Å². The van der Waals surface area contributed by atoms with Gasteiger partial charge >= 0.3 is 6.09 Å². The summed E-state index contributed by atoms with van der Waals surface area (Å²) >= 11 is 0. The maximum absolute atomic E-state index is 11.4. The molecule has 0 saturated heterocycles. The summed E-state index contributed by atoms with van der Waals surface area (Å²) in [5.41, 5.74) is -0.399. The summed E-state index contributed by atoms with van der Waals surface area (Å²) in [6, 6.07) is 0.329. The number of nitrogens with one attached hydrogen (secondary N) is 1. The Morgan fingerprint density at radius 3 is 2.71 bits per heavy atom. The smallest absolute Gasteiger partial charge is 0.407 e. The lowest BCUT2D eigenvalue weighted by Gasteiger charge is -2.19. The highest BCUT2D eigenvalue weighted by atomic mass is 16.6. The first-order valence-corrected chi connectivity index (χ1v) is 5.13. The minimum absolute atomic E-state index is 0.287. The van der Waals surface area contributed by atoms with E-state index in [-0.39, 0.29) is 6.09 Å². The van der Waals surface area contributed by atoms with Gasteiger partial charge < -0.3 is 10.1 Å². The van der Waals surface area contributed by atoms with E-state index in [9.17, 15) is 4.79 Å². The highest BCUT2D eigenvalue weighted by Gasteiger charge is 2.51. The van der Waals surface area contributed by atoms with Crippen molar-refractivity contribution < 1.29 is 9.53 Å². The van der Waals surface area contributed by atoms with Gasteiger partial charge in [-0.15, -0.1) is 0 Å². The number of ether oxygens (including phenoxy) is 1. The summed E-state index contributed by atoms with van der Waals surface area (Å²) in [6.45, 7) is 5.63. The van der Waals surface area contributed by atoms with Gasteiger partial charge in [0, 0.05) is 12.0 Å². The van der Waals surface area contributed by atoms with Gasteiger partial charge in [-0.25, -0.2) is 4.79 Å². The molecule has 1 fully saturated rings. The second-order valence-corrected chi connectivity index (χ2v) is 5.08. The van der Waals surface area contributed by atoms with Crippen LogP contribution in [0.15, 0.2) is 12.2 Å². The second-order valence-electron chi connectivity index (χ2n) is 5.08. The molecule has 3 heteroatoms. The Bertz CT molecular complexity index is 278. The number of hydrogen-bond acceptors (Lipinski definition) is 2. The number of allylic oxidation sites excluding steroid dienone is 1. The predicted molar refractivity (Wildman–Crippen MR) is 53.9 cm³/mol. The summed E-state index contributed by atoms with van der Waals surface area (Å²) < 4.78 is 5.18. The Morgan fingerprint density at radius 2 is 2.21 bits per heavy atom. The molecule has 78 valence electrons. The Hall–Kier alpha value is -0.990. The van der Waals surface area contributed by atoms with Crippen molar-refractivity contribution in [3.8, 4) is 0 Å². The molecule has 2 rings (SSSR count). The normalized spacial score (nSPS) is 33.8. The molecule has 0 aromatic rings. The quantitative estimate of drug-likeness (QED) is 0.650. The molecule has 0 aliphatic heterocycles. The van der Waals surface area contributed by atoms with Gasteiger partial charge in [0.05, 0.1) is 0 Å². The van der Waals surface area contributed by atoms with Crippen LogP contribution in [0.5, 0.6) is 0 Å². The average Bonchev–Trinajstić information content (AvgIpc) is 2.50. The zero-order valence-electron chi connectivity index (χ0n) is 8.91. The van der Waals surface area contributed by atoms with E-state index in [2.05, 4.69) is 17.5 Å². The van der Waals surface area contributed by atoms with Crippen LogP contribution in [0.3, 0.4) is 0 Å². The van der Waals surface area contributed by atoms with E-state index in [1.54, 1.807) is 0 Å². The highest BCUT2D eigenvalue weighted by Crippen LogP contribution is 2.47. The van der Waals surface area contributed by atoms with Crippen molar-refractivity contribution in [2.75, 3.05) is 0 Å². The third-order valence-electron chi connectivity index (χ3n) is 2.68. The van der Waals surface area contributed by atoms with Crippen molar-refractivity contribution in [1.29, 1.82) is 0 Å². The zero-order valence-corrected chi connectivity index (χ0v) is 8.91. The van der Waals surface area contributed by atoms with Gasteiger partial charge in [-0.2, -0.15) is 0 Å².